The fourth-order valence-electron chi connectivity index (χ4n) is 3.14. The van der Waals surface area contributed by atoms with Crippen molar-refractivity contribution in [3.63, 3.8) is 0 Å². The quantitative estimate of drug-likeness (QED) is 0.894. The van der Waals surface area contributed by atoms with Gasteiger partial charge >= 0.3 is 0 Å². The Bertz CT molecular complexity index is 599. The molecule has 1 fully saturated rings. The van der Waals surface area contributed by atoms with Crippen LogP contribution in [0.2, 0.25) is 0 Å². The zero-order valence-corrected chi connectivity index (χ0v) is 10.9. The number of nitrogens with zero attached hydrogens (tertiary/aromatic N) is 2. The molecule has 4 rings (SSSR count). The first kappa shape index (κ1) is 11.0. The van der Waals surface area contributed by atoms with Crippen molar-refractivity contribution in [3.8, 4) is 11.5 Å². The van der Waals surface area contributed by atoms with Gasteiger partial charge in [-0.25, -0.2) is 0 Å². The monoisotopic (exact) mass is 255 g/mol. The van der Waals surface area contributed by atoms with E-state index in [4.69, 9.17) is 4.52 Å². The Morgan fingerprint density at radius 3 is 3.00 bits per heavy atom. The second-order valence-corrected chi connectivity index (χ2v) is 5.49. The lowest BCUT2D eigenvalue weighted by molar-refractivity contribution is 0.416. The molecule has 1 N–H and O–H groups in total. The normalized spacial score (nSPS) is 18.5. The molecule has 19 heavy (non-hydrogen) atoms. The Labute approximate surface area is 112 Å². The van der Waals surface area contributed by atoms with Crippen LogP contribution in [0.4, 0.5) is 5.69 Å². The van der Waals surface area contributed by atoms with Crippen LogP contribution in [0.5, 0.6) is 0 Å². The van der Waals surface area contributed by atoms with Crippen LogP contribution < -0.4 is 5.32 Å². The third kappa shape index (κ3) is 1.91. The van der Waals surface area contributed by atoms with Gasteiger partial charge in [-0.05, 0) is 43.0 Å². The minimum atomic E-state index is 0.508. The first-order chi connectivity index (χ1) is 9.40. The summed E-state index contributed by atoms with van der Waals surface area (Å²) in [5.74, 6) is 2.07. The lowest BCUT2D eigenvalue weighted by Gasteiger charge is -2.01. The van der Waals surface area contributed by atoms with E-state index >= 15 is 0 Å². The summed E-state index contributed by atoms with van der Waals surface area (Å²) in [7, 11) is 0. The number of rotatable bonds is 2. The highest BCUT2D eigenvalue weighted by atomic mass is 16.5. The largest absolute Gasteiger partial charge is 0.384 e. The second kappa shape index (κ2) is 4.37. The smallest absolute Gasteiger partial charge is 0.257 e. The standard InChI is InChI=1S/C15H17N3O/c1-2-4-10(3-1)14-17-15(19-18-14)12-5-6-13-11(9-12)7-8-16-13/h5-6,9-10,16H,1-4,7-8H2. The molecule has 0 saturated heterocycles. The van der Waals surface area contributed by atoms with Crippen molar-refractivity contribution in [1.29, 1.82) is 0 Å². The lowest BCUT2D eigenvalue weighted by Crippen LogP contribution is -1.94. The zero-order chi connectivity index (χ0) is 12.7. The first-order valence-electron chi connectivity index (χ1n) is 7.11. The van der Waals surface area contributed by atoms with Crippen molar-refractivity contribution >= 4 is 5.69 Å². The summed E-state index contributed by atoms with van der Waals surface area (Å²) in [5, 5.41) is 7.53. The molecule has 2 heterocycles. The summed E-state index contributed by atoms with van der Waals surface area (Å²) < 4.78 is 5.44. The predicted octanol–water partition coefficient (Wildman–Crippen LogP) is 3.36. The molecule has 1 saturated carbocycles. The average molecular weight is 255 g/mol. The van der Waals surface area contributed by atoms with Crippen LogP contribution in [-0.4, -0.2) is 16.7 Å². The molecule has 0 spiro atoms. The third-order valence-corrected chi connectivity index (χ3v) is 4.22. The number of hydrogen-bond acceptors (Lipinski definition) is 4. The van der Waals surface area contributed by atoms with Gasteiger partial charge in [-0.3, -0.25) is 0 Å². The fraction of sp³-hybridized carbons (Fsp3) is 0.467. The Morgan fingerprint density at radius 2 is 2.11 bits per heavy atom. The first-order valence-corrected chi connectivity index (χ1v) is 7.11. The van der Waals surface area contributed by atoms with Crippen molar-refractivity contribution in [2.45, 2.75) is 38.0 Å². The van der Waals surface area contributed by atoms with Crippen molar-refractivity contribution in [3.05, 3.63) is 29.6 Å². The Hall–Kier alpha value is -1.84. The summed E-state index contributed by atoms with van der Waals surface area (Å²) in [6, 6.07) is 6.33. The zero-order valence-electron chi connectivity index (χ0n) is 10.9. The third-order valence-electron chi connectivity index (χ3n) is 4.22. The molecule has 4 heteroatoms. The van der Waals surface area contributed by atoms with Gasteiger partial charge in [-0.1, -0.05) is 18.0 Å². The maximum atomic E-state index is 5.44. The molecule has 1 aromatic carbocycles. The van der Waals surface area contributed by atoms with Crippen LogP contribution in [0.1, 0.15) is 43.0 Å². The van der Waals surface area contributed by atoms with Gasteiger partial charge in [0.15, 0.2) is 5.82 Å². The van der Waals surface area contributed by atoms with E-state index in [-0.39, 0.29) is 0 Å². The highest BCUT2D eigenvalue weighted by Crippen LogP contribution is 2.34. The minimum Gasteiger partial charge on any atom is -0.384 e. The molecule has 2 aliphatic rings. The number of anilines is 1. The highest BCUT2D eigenvalue weighted by molar-refractivity contribution is 5.64. The molecule has 2 aromatic rings. The molecule has 1 aliphatic heterocycles. The maximum Gasteiger partial charge on any atom is 0.257 e. The molecule has 4 nitrogen and oxygen atoms in total. The van der Waals surface area contributed by atoms with E-state index in [2.05, 4.69) is 33.7 Å². The van der Waals surface area contributed by atoms with Crippen molar-refractivity contribution in [1.82, 2.24) is 10.1 Å². The van der Waals surface area contributed by atoms with Gasteiger partial charge in [0.1, 0.15) is 0 Å². The van der Waals surface area contributed by atoms with Crippen LogP contribution in [0.25, 0.3) is 11.5 Å². The molecular formula is C15H17N3O. The Balaban J connectivity index is 1.65. The summed E-state index contributed by atoms with van der Waals surface area (Å²) in [5.41, 5.74) is 3.62. The predicted molar refractivity (Wildman–Crippen MR) is 73.1 cm³/mol. The lowest BCUT2D eigenvalue weighted by atomic mass is 10.1. The Kier molecular flexibility index (Phi) is 2.53. The van der Waals surface area contributed by atoms with Gasteiger partial charge in [0.25, 0.3) is 5.89 Å². The number of fused-ring (bicyclic) bond motifs is 1. The van der Waals surface area contributed by atoms with E-state index in [0.717, 1.165) is 24.4 Å². The average Bonchev–Trinajstić information content (AvgIpc) is 3.18. The second-order valence-electron chi connectivity index (χ2n) is 5.49. The van der Waals surface area contributed by atoms with Gasteiger partial charge < -0.3 is 9.84 Å². The van der Waals surface area contributed by atoms with E-state index in [9.17, 15) is 0 Å². The van der Waals surface area contributed by atoms with Gasteiger partial charge in [0.05, 0.1) is 0 Å². The molecular weight excluding hydrogens is 238 g/mol. The van der Waals surface area contributed by atoms with Gasteiger partial charge in [0.2, 0.25) is 0 Å². The highest BCUT2D eigenvalue weighted by Gasteiger charge is 2.23. The van der Waals surface area contributed by atoms with E-state index in [1.54, 1.807) is 0 Å². The van der Waals surface area contributed by atoms with Crippen LogP contribution >= 0.6 is 0 Å². The number of nitrogens with one attached hydrogen (secondary N) is 1. The molecule has 0 bridgehead atoms. The summed E-state index contributed by atoms with van der Waals surface area (Å²) in [4.78, 5) is 4.59. The Morgan fingerprint density at radius 1 is 1.21 bits per heavy atom. The van der Waals surface area contributed by atoms with Crippen molar-refractivity contribution < 1.29 is 4.52 Å². The minimum absolute atomic E-state index is 0.508. The number of benzene rings is 1. The molecule has 0 radical (unpaired) electrons. The van der Waals surface area contributed by atoms with E-state index in [1.807, 2.05) is 0 Å². The van der Waals surface area contributed by atoms with E-state index in [1.165, 1.54) is 36.9 Å². The van der Waals surface area contributed by atoms with E-state index < -0.39 is 0 Å². The summed E-state index contributed by atoms with van der Waals surface area (Å²) in [6.45, 7) is 1.02. The molecule has 1 aromatic heterocycles. The molecule has 0 unspecified atom stereocenters. The van der Waals surface area contributed by atoms with Gasteiger partial charge in [-0.2, -0.15) is 4.98 Å². The van der Waals surface area contributed by atoms with Crippen molar-refractivity contribution in [2.75, 3.05) is 11.9 Å². The number of hydrogen-bond donors (Lipinski definition) is 1. The number of aromatic nitrogens is 2. The fourth-order valence-corrected chi connectivity index (χ4v) is 3.14. The summed E-state index contributed by atoms with van der Waals surface area (Å²) >= 11 is 0. The van der Waals surface area contributed by atoms with Crippen LogP contribution in [-0.2, 0) is 6.42 Å². The van der Waals surface area contributed by atoms with E-state index in [0.29, 0.717) is 11.8 Å². The van der Waals surface area contributed by atoms with Crippen LogP contribution in [0.15, 0.2) is 22.7 Å². The van der Waals surface area contributed by atoms with Gasteiger partial charge in [-0.15, -0.1) is 0 Å². The molecule has 0 amide bonds. The summed E-state index contributed by atoms with van der Waals surface area (Å²) in [6.07, 6.45) is 6.06. The maximum absolute atomic E-state index is 5.44. The molecule has 0 atom stereocenters. The van der Waals surface area contributed by atoms with Crippen LogP contribution in [0.3, 0.4) is 0 Å². The van der Waals surface area contributed by atoms with Gasteiger partial charge in [0, 0.05) is 23.7 Å². The SMILES string of the molecule is c1cc2c(cc1-c1nc(C3CCCC3)no1)CCN2. The molecule has 98 valence electrons. The van der Waals surface area contributed by atoms with Crippen LogP contribution in [0, 0.1) is 0 Å². The topological polar surface area (TPSA) is 51.0 Å². The molecule has 1 aliphatic carbocycles. The van der Waals surface area contributed by atoms with Crippen molar-refractivity contribution in [2.24, 2.45) is 0 Å².